The van der Waals surface area contributed by atoms with E-state index in [1.54, 1.807) is 18.2 Å². The molecular formula is C17H23NO2. The number of nitrogens with one attached hydrogen (secondary N) is 1. The van der Waals surface area contributed by atoms with Crippen molar-refractivity contribution in [2.75, 3.05) is 11.9 Å². The van der Waals surface area contributed by atoms with Crippen LogP contribution in [0.25, 0.3) is 0 Å². The summed E-state index contributed by atoms with van der Waals surface area (Å²) in [7, 11) is 0. The Hall–Kier alpha value is -2.03. The van der Waals surface area contributed by atoms with E-state index >= 15 is 0 Å². The van der Waals surface area contributed by atoms with Crippen molar-refractivity contribution in [2.24, 2.45) is 0 Å². The van der Waals surface area contributed by atoms with Crippen molar-refractivity contribution < 1.29 is 9.90 Å². The third kappa shape index (κ3) is 5.74. The summed E-state index contributed by atoms with van der Waals surface area (Å²) >= 11 is 0. The maximum atomic E-state index is 11.1. The first kappa shape index (κ1) is 16.0. The predicted octanol–water partition coefficient (Wildman–Crippen LogP) is 4.49. The number of benzene rings is 1. The average molecular weight is 273 g/mol. The lowest BCUT2D eigenvalue weighted by molar-refractivity contribution is 0.0698. The van der Waals surface area contributed by atoms with Gasteiger partial charge in [-0.1, -0.05) is 35.4 Å². The van der Waals surface area contributed by atoms with Gasteiger partial charge in [0.15, 0.2) is 0 Å². The Morgan fingerprint density at radius 3 is 2.55 bits per heavy atom. The predicted molar refractivity (Wildman–Crippen MR) is 84.3 cm³/mol. The molecule has 0 aliphatic heterocycles. The molecule has 0 radical (unpaired) electrons. The molecule has 3 nitrogen and oxygen atoms in total. The van der Waals surface area contributed by atoms with Crippen LogP contribution in [0.3, 0.4) is 0 Å². The average Bonchev–Trinajstić information content (AvgIpc) is 2.38. The lowest BCUT2D eigenvalue weighted by atomic mass is 10.1. The molecule has 2 N–H and O–H groups in total. The highest BCUT2D eigenvalue weighted by molar-refractivity contribution is 5.94. The molecule has 1 aromatic rings. The van der Waals surface area contributed by atoms with E-state index in [9.17, 15) is 4.79 Å². The second-order valence-electron chi connectivity index (χ2n) is 5.10. The van der Waals surface area contributed by atoms with Gasteiger partial charge in [-0.2, -0.15) is 0 Å². The van der Waals surface area contributed by atoms with Gasteiger partial charge < -0.3 is 10.4 Å². The molecule has 108 valence electrons. The first-order valence-electron chi connectivity index (χ1n) is 6.86. The minimum Gasteiger partial charge on any atom is -0.478 e. The Bertz CT molecular complexity index is 511. The Kier molecular flexibility index (Phi) is 6.57. The van der Waals surface area contributed by atoms with Gasteiger partial charge in [-0.3, -0.25) is 0 Å². The van der Waals surface area contributed by atoms with E-state index in [1.807, 2.05) is 6.07 Å². The van der Waals surface area contributed by atoms with E-state index in [4.69, 9.17) is 5.11 Å². The van der Waals surface area contributed by atoms with E-state index in [0.717, 1.165) is 12.8 Å². The number of anilines is 1. The summed E-state index contributed by atoms with van der Waals surface area (Å²) in [5, 5.41) is 12.2. The van der Waals surface area contributed by atoms with E-state index in [2.05, 4.69) is 38.2 Å². The monoisotopic (exact) mass is 273 g/mol. The minimum absolute atomic E-state index is 0.308. The van der Waals surface area contributed by atoms with Crippen molar-refractivity contribution in [1.82, 2.24) is 0 Å². The molecule has 1 rings (SSSR count). The third-order valence-electron chi connectivity index (χ3n) is 2.99. The normalized spacial score (nSPS) is 11.1. The molecule has 0 unspecified atom stereocenters. The van der Waals surface area contributed by atoms with Crippen molar-refractivity contribution >= 4 is 11.7 Å². The van der Waals surface area contributed by atoms with Crippen LogP contribution in [0, 0.1) is 0 Å². The first-order chi connectivity index (χ1) is 9.50. The molecule has 0 aromatic heterocycles. The number of carbonyl (C=O) groups is 1. The van der Waals surface area contributed by atoms with Crippen molar-refractivity contribution in [3.05, 3.63) is 53.1 Å². The van der Waals surface area contributed by atoms with Gasteiger partial charge >= 0.3 is 5.97 Å². The zero-order valence-corrected chi connectivity index (χ0v) is 12.4. The molecule has 0 atom stereocenters. The van der Waals surface area contributed by atoms with Crippen LogP contribution in [-0.2, 0) is 0 Å². The van der Waals surface area contributed by atoms with Crippen LogP contribution in [0.5, 0.6) is 0 Å². The van der Waals surface area contributed by atoms with Crippen LogP contribution in [0.2, 0.25) is 0 Å². The molecule has 0 fully saturated rings. The van der Waals surface area contributed by atoms with Crippen LogP contribution in [0.1, 0.15) is 44.0 Å². The Labute approximate surface area is 121 Å². The number of allylic oxidation sites excluding steroid dienone is 3. The maximum absolute atomic E-state index is 11.1. The molecule has 0 spiro atoms. The Morgan fingerprint density at radius 1 is 1.20 bits per heavy atom. The molecule has 0 saturated heterocycles. The van der Waals surface area contributed by atoms with Gasteiger partial charge in [0.25, 0.3) is 0 Å². The Balaban J connectivity index is 2.51. The number of carboxylic acid groups (broad SMARTS) is 1. The standard InChI is InChI=1S/C17H23NO2/c1-13(2)7-6-8-14(3)11-12-18-16-10-5-4-9-15(16)17(19)20/h4-5,7,9-11,18H,6,8,12H2,1-3H3,(H,19,20). The van der Waals surface area contributed by atoms with Gasteiger partial charge in [-0.25, -0.2) is 4.79 Å². The van der Waals surface area contributed by atoms with Crippen molar-refractivity contribution in [1.29, 1.82) is 0 Å². The summed E-state index contributed by atoms with van der Waals surface area (Å²) in [6, 6.07) is 6.96. The molecule has 0 amide bonds. The summed E-state index contributed by atoms with van der Waals surface area (Å²) in [5.41, 5.74) is 3.62. The smallest absolute Gasteiger partial charge is 0.337 e. The summed E-state index contributed by atoms with van der Waals surface area (Å²) in [6.07, 6.45) is 6.42. The molecule has 0 heterocycles. The summed E-state index contributed by atoms with van der Waals surface area (Å²) < 4.78 is 0. The molecule has 0 saturated carbocycles. The fourth-order valence-corrected chi connectivity index (χ4v) is 1.85. The zero-order chi connectivity index (χ0) is 15.0. The topological polar surface area (TPSA) is 49.3 Å². The van der Waals surface area contributed by atoms with Crippen LogP contribution in [-0.4, -0.2) is 17.6 Å². The number of carboxylic acids is 1. The third-order valence-corrected chi connectivity index (χ3v) is 2.99. The second kappa shape index (κ2) is 8.20. The van der Waals surface area contributed by atoms with Crippen molar-refractivity contribution in [2.45, 2.75) is 33.6 Å². The quantitative estimate of drug-likeness (QED) is 0.720. The number of para-hydroxylation sites is 1. The summed E-state index contributed by atoms with van der Waals surface area (Å²) in [6.45, 7) is 6.95. The lowest BCUT2D eigenvalue weighted by Gasteiger charge is -2.07. The van der Waals surface area contributed by atoms with Crippen molar-refractivity contribution in [3.8, 4) is 0 Å². The van der Waals surface area contributed by atoms with Crippen molar-refractivity contribution in [3.63, 3.8) is 0 Å². The molecule has 0 aliphatic carbocycles. The van der Waals surface area contributed by atoms with E-state index < -0.39 is 5.97 Å². The number of aromatic carboxylic acids is 1. The van der Waals surface area contributed by atoms with E-state index in [-0.39, 0.29) is 0 Å². The van der Waals surface area contributed by atoms with Gasteiger partial charge in [0.05, 0.1) is 5.56 Å². The molecule has 20 heavy (non-hydrogen) atoms. The Morgan fingerprint density at radius 2 is 1.90 bits per heavy atom. The SMILES string of the molecule is CC(C)=CCCC(C)=CCNc1ccccc1C(=O)O. The van der Waals surface area contributed by atoms with E-state index in [1.165, 1.54) is 11.1 Å². The van der Waals surface area contributed by atoms with Crippen LogP contribution in [0.15, 0.2) is 47.6 Å². The molecular weight excluding hydrogens is 250 g/mol. The van der Waals surface area contributed by atoms with Gasteiger partial charge in [0, 0.05) is 12.2 Å². The fraction of sp³-hybridized carbons (Fsp3) is 0.353. The highest BCUT2D eigenvalue weighted by Gasteiger charge is 2.07. The molecule has 3 heteroatoms. The number of rotatable bonds is 7. The minimum atomic E-state index is -0.905. The highest BCUT2D eigenvalue weighted by Crippen LogP contribution is 2.15. The summed E-state index contributed by atoms with van der Waals surface area (Å²) in [5.74, 6) is -0.905. The zero-order valence-electron chi connectivity index (χ0n) is 12.4. The number of hydrogen-bond acceptors (Lipinski definition) is 2. The van der Waals surface area contributed by atoms with Crippen LogP contribution < -0.4 is 5.32 Å². The van der Waals surface area contributed by atoms with Gasteiger partial charge in [-0.15, -0.1) is 0 Å². The maximum Gasteiger partial charge on any atom is 0.337 e. The van der Waals surface area contributed by atoms with E-state index in [0.29, 0.717) is 17.8 Å². The molecule has 1 aromatic carbocycles. The van der Waals surface area contributed by atoms with Gasteiger partial charge in [-0.05, 0) is 45.7 Å². The number of hydrogen-bond donors (Lipinski definition) is 2. The van der Waals surface area contributed by atoms with Crippen LogP contribution in [0.4, 0.5) is 5.69 Å². The first-order valence-corrected chi connectivity index (χ1v) is 6.86. The van der Waals surface area contributed by atoms with Crippen LogP contribution >= 0.6 is 0 Å². The van der Waals surface area contributed by atoms with Gasteiger partial charge in [0.2, 0.25) is 0 Å². The highest BCUT2D eigenvalue weighted by atomic mass is 16.4. The largest absolute Gasteiger partial charge is 0.478 e. The fourth-order valence-electron chi connectivity index (χ4n) is 1.85. The lowest BCUT2D eigenvalue weighted by Crippen LogP contribution is -2.06. The second-order valence-corrected chi connectivity index (χ2v) is 5.10. The summed E-state index contributed by atoms with van der Waals surface area (Å²) in [4.78, 5) is 11.1. The van der Waals surface area contributed by atoms with Gasteiger partial charge in [0.1, 0.15) is 0 Å². The molecule has 0 aliphatic rings. The molecule has 0 bridgehead atoms.